The number of aromatic nitrogens is 1. The Morgan fingerprint density at radius 1 is 1.29 bits per heavy atom. The maximum Gasteiger partial charge on any atom is 0.256 e. The van der Waals surface area contributed by atoms with Crippen molar-refractivity contribution in [1.82, 2.24) is 9.88 Å². The number of rotatable bonds is 6. The smallest absolute Gasteiger partial charge is 0.256 e. The number of nitrogens with one attached hydrogen (secondary N) is 1. The van der Waals surface area contributed by atoms with Gasteiger partial charge in [-0.05, 0) is 37.1 Å². The van der Waals surface area contributed by atoms with Crippen molar-refractivity contribution in [3.8, 4) is 0 Å². The van der Waals surface area contributed by atoms with E-state index in [0.29, 0.717) is 18.7 Å². The zero-order chi connectivity index (χ0) is 16.8. The van der Waals surface area contributed by atoms with Gasteiger partial charge in [-0.25, -0.2) is 0 Å². The lowest BCUT2D eigenvalue weighted by Gasteiger charge is -2.26. The molecule has 126 valence electrons. The fraction of sp³-hybridized carbons (Fsp3) is 0.368. The van der Waals surface area contributed by atoms with Crippen LogP contribution in [0, 0.1) is 0 Å². The van der Waals surface area contributed by atoms with E-state index in [4.69, 9.17) is 4.74 Å². The predicted molar refractivity (Wildman–Crippen MR) is 93.9 cm³/mol. The number of hydrogen-bond acceptors (Lipinski definition) is 4. The van der Waals surface area contributed by atoms with E-state index in [0.717, 1.165) is 30.8 Å². The maximum absolute atomic E-state index is 13.1. The summed E-state index contributed by atoms with van der Waals surface area (Å²) in [6.45, 7) is 1.86. The number of hydrogen-bond donors (Lipinski definition) is 1. The van der Waals surface area contributed by atoms with Gasteiger partial charge in [0.05, 0.1) is 23.9 Å². The first kappa shape index (κ1) is 16.5. The van der Waals surface area contributed by atoms with Crippen LogP contribution in [-0.4, -0.2) is 42.1 Å². The fourth-order valence-electron chi connectivity index (χ4n) is 3.00. The van der Waals surface area contributed by atoms with E-state index in [-0.39, 0.29) is 12.0 Å². The van der Waals surface area contributed by atoms with Gasteiger partial charge in [0, 0.05) is 32.1 Å². The van der Waals surface area contributed by atoms with Gasteiger partial charge in [-0.15, -0.1) is 0 Å². The molecule has 1 unspecified atom stereocenters. The van der Waals surface area contributed by atoms with Crippen LogP contribution in [0.1, 0.15) is 28.9 Å². The number of nitrogens with zero attached hydrogens (tertiary/aromatic N) is 2. The highest BCUT2D eigenvalue weighted by Gasteiger charge is 2.25. The standard InChI is InChI=1S/C19H23N3O2/c1-20-18-10-3-2-9-17(18)19(23)22(14-16-8-6-12-24-16)13-15-7-4-5-11-21-15/h2-5,7,9-11,16,20H,6,8,12-14H2,1H3. The Hall–Kier alpha value is -2.40. The first-order valence-electron chi connectivity index (χ1n) is 8.35. The maximum atomic E-state index is 13.1. The van der Waals surface area contributed by atoms with Crippen molar-refractivity contribution in [2.24, 2.45) is 0 Å². The summed E-state index contributed by atoms with van der Waals surface area (Å²) in [5, 5.41) is 3.09. The lowest BCUT2D eigenvalue weighted by Crippen LogP contribution is -2.37. The van der Waals surface area contributed by atoms with Gasteiger partial charge in [0.2, 0.25) is 0 Å². The van der Waals surface area contributed by atoms with Crippen LogP contribution in [-0.2, 0) is 11.3 Å². The number of amides is 1. The van der Waals surface area contributed by atoms with E-state index < -0.39 is 0 Å². The Morgan fingerprint density at radius 2 is 2.12 bits per heavy atom. The molecule has 1 atom stereocenters. The number of ether oxygens (including phenoxy) is 1. The highest BCUT2D eigenvalue weighted by atomic mass is 16.5. The Labute approximate surface area is 142 Å². The van der Waals surface area contributed by atoms with Gasteiger partial charge in [-0.2, -0.15) is 0 Å². The number of pyridine rings is 1. The lowest BCUT2D eigenvalue weighted by molar-refractivity contribution is 0.0505. The normalized spacial score (nSPS) is 16.8. The van der Waals surface area contributed by atoms with Crippen molar-refractivity contribution in [2.45, 2.75) is 25.5 Å². The summed E-state index contributed by atoms with van der Waals surface area (Å²) < 4.78 is 5.73. The first-order chi connectivity index (χ1) is 11.8. The molecule has 1 amide bonds. The summed E-state index contributed by atoms with van der Waals surface area (Å²) in [4.78, 5) is 19.3. The topological polar surface area (TPSA) is 54.5 Å². The van der Waals surface area contributed by atoms with Crippen molar-refractivity contribution < 1.29 is 9.53 Å². The Morgan fingerprint density at radius 3 is 2.83 bits per heavy atom. The van der Waals surface area contributed by atoms with E-state index >= 15 is 0 Å². The van der Waals surface area contributed by atoms with Crippen LogP contribution in [0.25, 0.3) is 0 Å². The summed E-state index contributed by atoms with van der Waals surface area (Å²) in [6, 6.07) is 13.3. The monoisotopic (exact) mass is 325 g/mol. The molecule has 0 bridgehead atoms. The molecular formula is C19H23N3O2. The molecule has 1 aliphatic rings. The average Bonchev–Trinajstić information content (AvgIpc) is 3.14. The second-order valence-corrected chi connectivity index (χ2v) is 5.94. The average molecular weight is 325 g/mol. The van der Waals surface area contributed by atoms with Crippen LogP contribution in [0.15, 0.2) is 48.7 Å². The van der Waals surface area contributed by atoms with E-state index in [1.54, 1.807) is 6.20 Å². The quantitative estimate of drug-likeness (QED) is 0.887. The van der Waals surface area contributed by atoms with Crippen molar-refractivity contribution >= 4 is 11.6 Å². The minimum absolute atomic E-state index is 0.00102. The van der Waals surface area contributed by atoms with E-state index in [9.17, 15) is 4.79 Å². The van der Waals surface area contributed by atoms with Gasteiger partial charge in [0.25, 0.3) is 5.91 Å². The van der Waals surface area contributed by atoms with Gasteiger partial charge in [-0.3, -0.25) is 9.78 Å². The molecule has 1 aromatic carbocycles. The van der Waals surface area contributed by atoms with Crippen LogP contribution in [0.3, 0.4) is 0 Å². The molecule has 5 nitrogen and oxygen atoms in total. The SMILES string of the molecule is CNc1ccccc1C(=O)N(Cc1ccccn1)CC1CCCO1. The summed E-state index contributed by atoms with van der Waals surface area (Å²) in [6.07, 6.45) is 3.92. The predicted octanol–water partition coefficient (Wildman–Crippen LogP) is 2.94. The molecule has 0 spiro atoms. The number of benzene rings is 1. The van der Waals surface area contributed by atoms with E-state index in [2.05, 4.69) is 10.3 Å². The molecule has 2 heterocycles. The van der Waals surface area contributed by atoms with Gasteiger partial charge >= 0.3 is 0 Å². The lowest BCUT2D eigenvalue weighted by atomic mass is 10.1. The number of para-hydroxylation sites is 1. The Kier molecular flexibility index (Phi) is 5.43. The zero-order valence-corrected chi connectivity index (χ0v) is 13.9. The van der Waals surface area contributed by atoms with Crippen molar-refractivity contribution in [3.63, 3.8) is 0 Å². The Bertz CT molecular complexity index is 669. The van der Waals surface area contributed by atoms with E-state index in [1.165, 1.54) is 0 Å². The first-order valence-corrected chi connectivity index (χ1v) is 8.35. The molecular weight excluding hydrogens is 302 g/mol. The van der Waals surface area contributed by atoms with Crippen LogP contribution in [0.5, 0.6) is 0 Å². The Balaban J connectivity index is 1.83. The van der Waals surface area contributed by atoms with Crippen LogP contribution < -0.4 is 5.32 Å². The highest BCUT2D eigenvalue weighted by molar-refractivity contribution is 5.99. The molecule has 3 rings (SSSR count). The molecule has 0 aliphatic carbocycles. The third-order valence-corrected chi connectivity index (χ3v) is 4.24. The van der Waals surface area contributed by atoms with Crippen LogP contribution >= 0.6 is 0 Å². The minimum Gasteiger partial charge on any atom is -0.387 e. The molecule has 2 aromatic rings. The van der Waals surface area contributed by atoms with Crippen LogP contribution in [0.4, 0.5) is 5.69 Å². The summed E-state index contributed by atoms with van der Waals surface area (Å²) in [7, 11) is 1.83. The third kappa shape index (κ3) is 3.92. The molecule has 1 aliphatic heterocycles. The molecule has 1 N–H and O–H groups in total. The molecule has 1 fully saturated rings. The van der Waals surface area contributed by atoms with Gasteiger partial charge in [-0.1, -0.05) is 18.2 Å². The largest absolute Gasteiger partial charge is 0.387 e. The minimum atomic E-state index is 0.00102. The van der Waals surface area contributed by atoms with Gasteiger partial charge in [0.1, 0.15) is 0 Å². The van der Waals surface area contributed by atoms with Crippen molar-refractivity contribution in [2.75, 3.05) is 25.5 Å². The molecule has 5 heteroatoms. The highest BCUT2D eigenvalue weighted by Crippen LogP contribution is 2.20. The third-order valence-electron chi connectivity index (χ3n) is 4.24. The molecule has 24 heavy (non-hydrogen) atoms. The fourth-order valence-corrected chi connectivity index (χ4v) is 3.00. The van der Waals surface area contributed by atoms with Gasteiger partial charge < -0.3 is 15.0 Å². The molecule has 1 saturated heterocycles. The van der Waals surface area contributed by atoms with Gasteiger partial charge in [0.15, 0.2) is 0 Å². The van der Waals surface area contributed by atoms with E-state index in [1.807, 2.05) is 54.4 Å². The summed E-state index contributed by atoms with van der Waals surface area (Å²) in [5.74, 6) is 0.00102. The molecule has 0 saturated carbocycles. The zero-order valence-electron chi connectivity index (χ0n) is 13.9. The second kappa shape index (κ2) is 7.93. The van der Waals surface area contributed by atoms with Crippen molar-refractivity contribution in [1.29, 1.82) is 0 Å². The summed E-state index contributed by atoms with van der Waals surface area (Å²) >= 11 is 0. The molecule has 1 aromatic heterocycles. The summed E-state index contributed by atoms with van der Waals surface area (Å²) in [5.41, 5.74) is 2.39. The number of carbonyl (C=O) groups is 1. The second-order valence-electron chi connectivity index (χ2n) is 5.94. The molecule has 0 radical (unpaired) electrons. The van der Waals surface area contributed by atoms with Crippen molar-refractivity contribution in [3.05, 3.63) is 59.9 Å². The van der Waals surface area contributed by atoms with Crippen LogP contribution in [0.2, 0.25) is 0 Å². The number of anilines is 1. The number of carbonyl (C=O) groups excluding carboxylic acids is 1.